The number of anilines is 1. The zero-order chi connectivity index (χ0) is 13.6. The molecule has 2 aromatic rings. The first-order chi connectivity index (χ1) is 9.08. The molecule has 4 heteroatoms. The molecule has 0 fully saturated rings. The number of nitrogens with zero attached hydrogens (tertiary/aromatic N) is 1. The molecule has 0 bridgehead atoms. The van der Waals surface area contributed by atoms with Crippen LogP contribution in [-0.4, -0.2) is 12.8 Å². The number of hydrogen-bond acceptors (Lipinski definition) is 3. The number of hydrogen-bond donors (Lipinski definition) is 0. The van der Waals surface area contributed by atoms with Crippen LogP contribution in [0.4, 0.5) is 10.1 Å². The van der Waals surface area contributed by atoms with Crippen molar-refractivity contribution in [1.29, 1.82) is 0 Å². The van der Waals surface area contributed by atoms with E-state index in [1.54, 1.807) is 19.1 Å². The highest BCUT2D eigenvalue weighted by atomic mass is 32.2. The predicted molar refractivity (Wildman–Crippen MR) is 75.3 cm³/mol. The van der Waals surface area contributed by atoms with Crippen molar-refractivity contribution in [2.45, 2.75) is 11.8 Å². The van der Waals surface area contributed by atoms with Gasteiger partial charge in [-0.2, -0.15) is 0 Å². The fourth-order valence-electron chi connectivity index (χ4n) is 2.19. The molecule has 0 saturated heterocycles. The molecule has 0 amide bonds. The largest absolute Gasteiger partial charge is 0.314 e. The molecule has 1 heterocycles. The average molecular weight is 273 g/mol. The Morgan fingerprint density at radius 2 is 1.89 bits per heavy atom. The van der Waals surface area contributed by atoms with Gasteiger partial charge in [0, 0.05) is 23.1 Å². The molecule has 0 unspecified atom stereocenters. The normalized spacial score (nSPS) is 13.8. The first kappa shape index (κ1) is 12.2. The molecule has 0 aliphatic carbocycles. The summed E-state index contributed by atoms with van der Waals surface area (Å²) in [4.78, 5) is 13.3. The number of carbonyl (C=O) groups is 1. The smallest absolute Gasteiger partial charge is 0.196 e. The van der Waals surface area contributed by atoms with Crippen LogP contribution < -0.4 is 4.31 Å². The van der Waals surface area contributed by atoms with Gasteiger partial charge in [0.15, 0.2) is 5.78 Å². The number of fused-ring (bicyclic) bond motifs is 2. The molecule has 0 N–H and O–H groups in total. The van der Waals surface area contributed by atoms with Gasteiger partial charge in [-0.1, -0.05) is 12.1 Å². The maximum atomic E-state index is 13.7. The summed E-state index contributed by atoms with van der Waals surface area (Å²) >= 11 is 1.45. The second kappa shape index (κ2) is 4.38. The second-order valence-corrected chi connectivity index (χ2v) is 5.70. The summed E-state index contributed by atoms with van der Waals surface area (Å²) in [7, 11) is 1.91. The molecular weight excluding hydrogens is 261 g/mol. The maximum Gasteiger partial charge on any atom is 0.196 e. The molecule has 0 atom stereocenters. The van der Waals surface area contributed by atoms with E-state index < -0.39 is 0 Å². The Labute approximate surface area is 115 Å². The fourth-order valence-corrected chi connectivity index (χ4v) is 3.22. The van der Waals surface area contributed by atoms with Crippen molar-refractivity contribution in [2.24, 2.45) is 0 Å². The van der Waals surface area contributed by atoms with Crippen molar-refractivity contribution in [3.63, 3.8) is 0 Å². The molecule has 0 radical (unpaired) electrons. The van der Waals surface area contributed by atoms with Crippen molar-refractivity contribution in [2.75, 3.05) is 11.4 Å². The highest BCUT2D eigenvalue weighted by Crippen LogP contribution is 2.38. The first-order valence-corrected chi connectivity index (χ1v) is 6.71. The molecule has 0 spiro atoms. The Morgan fingerprint density at radius 1 is 1.16 bits per heavy atom. The molecule has 1 aliphatic rings. The van der Waals surface area contributed by atoms with Gasteiger partial charge in [-0.3, -0.25) is 4.79 Å². The number of aryl methyl sites for hydroxylation is 1. The van der Waals surface area contributed by atoms with Gasteiger partial charge in [-0.15, -0.1) is 0 Å². The Kier molecular flexibility index (Phi) is 2.82. The van der Waals surface area contributed by atoms with Gasteiger partial charge in [-0.25, -0.2) is 4.39 Å². The lowest BCUT2D eigenvalue weighted by molar-refractivity contribution is 0.103. The van der Waals surface area contributed by atoms with E-state index in [-0.39, 0.29) is 11.6 Å². The van der Waals surface area contributed by atoms with Gasteiger partial charge in [0.05, 0.1) is 5.69 Å². The number of halogens is 1. The zero-order valence-electron chi connectivity index (χ0n) is 10.6. The quantitative estimate of drug-likeness (QED) is 0.681. The number of benzene rings is 2. The highest BCUT2D eigenvalue weighted by molar-refractivity contribution is 8.00. The van der Waals surface area contributed by atoms with Gasteiger partial charge in [-0.05, 0) is 48.7 Å². The molecule has 2 nitrogen and oxygen atoms in total. The zero-order valence-corrected chi connectivity index (χ0v) is 11.4. The van der Waals surface area contributed by atoms with E-state index in [0.29, 0.717) is 16.7 Å². The molecule has 3 rings (SSSR count). The van der Waals surface area contributed by atoms with E-state index >= 15 is 0 Å². The van der Waals surface area contributed by atoms with Gasteiger partial charge >= 0.3 is 0 Å². The third kappa shape index (κ3) is 1.92. The minimum absolute atomic E-state index is 0.124. The van der Waals surface area contributed by atoms with Crippen LogP contribution in [0.1, 0.15) is 21.5 Å². The van der Waals surface area contributed by atoms with E-state index in [4.69, 9.17) is 0 Å². The van der Waals surface area contributed by atoms with Crippen LogP contribution in [-0.2, 0) is 0 Å². The van der Waals surface area contributed by atoms with Gasteiger partial charge in [0.25, 0.3) is 0 Å². The number of rotatable bonds is 0. The van der Waals surface area contributed by atoms with Crippen molar-refractivity contribution in [3.05, 3.63) is 58.9 Å². The standard InChI is InChI=1S/C15H12FNOS/c1-9-7-14-11(8-12(9)16)15(18)10-5-3-4-6-13(10)17(2)19-14/h3-8H,1-2H3. The summed E-state index contributed by atoms with van der Waals surface area (Å²) in [6, 6.07) is 10.5. The maximum absolute atomic E-state index is 13.7. The number of para-hydroxylation sites is 1. The van der Waals surface area contributed by atoms with Crippen LogP contribution in [0, 0.1) is 12.7 Å². The fraction of sp³-hybridized carbons (Fsp3) is 0.133. The lowest BCUT2D eigenvalue weighted by atomic mass is 10.0. The van der Waals surface area contributed by atoms with Crippen LogP contribution in [0.2, 0.25) is 0 Å². The van der Waals surface area contributed by atoms with E-state index in [1.165, 1.54) is 18.0 Å². The Hall–Kier alpha value is -1.81. The van der Waals surface area contributed by atoms with Crippen molar-refractivity contribution < 1.29 is 9.18 Å². The van der Waals surface area contributed by atoms with E-state index in [2.05, 4.69) is 0 Å². The molecule has 19 heavy (non-hydrogen) atoms. The van der Waals surface area contributed by atoms with E-state index in [9.17, 15) is 9.18 Å². The van der Waals surface area contributed by atoms with Crippen LogP contribution >= 0.6 is 11.9 Å². The topological polar surface area (TPSA) is 20.3 Å². The van der Waals surface area contributed by atoms with Crippen molar-refractivity contribution in [3.8, 4) is 0 Å². The molecule has 0 saturated carbocycles. The predicted octanol–water partition coefficient (Wildman–Crippen LogP) is 3.82. The molecule has 1 aliphatic heterocycles. The minimum Gasteiger partial charge on any atom is -0.314 e. The third-order valence-electron chi connectivity index (χ3n) is 3.23. The molecule has 2 aromatic carbocycles. The molecule has 0 aromatic heterocycles. The summed E-state index contributed by atoms with van der Waals surface area (Å²) in [5.41, 5.74) is 2.45. The molecular formula is C15H12FNOS. The third-order valence-corrected chi connectivity index (χ3v) is 4.23. The van der Waals surface area contributed by atoms with Crippen LogP contribution in [0.15, 0.2) is 41.3 Å². The van der Waals surface area contributed by atoms with Crippen molar-refractivity contribution >= 4 is 23.4 Å². The summed E-state index contributed by atoms with van der Waals surface area (Å²) in [5.74, 6) is -0.462. The monoisotopic (exact) mass is 273 g/mol. The lowest BCUT2D eigenvalue weighted by Crippen LogP contribution is -2.07. The number of carbonyl (C=O) groups excluding carboxylic acids is 1. The summed E-state index contributed by atoms with van der Waals surface area (Å²) in [6.07, 6.45) is 0. The summed E-state index contributed by atoms with van der Waals surface area (Å²) in [6.45, 7) is 1.71. The van der Waals surface area contributed by atoms with E-state index in [0.717, 1.165) is 10.6 Å². The minimum atomic E-state index is -0.338. The van der Waals surface area contributed by atoms with Gasteiger partial charge < -0.3 is 4.31 Å². The Bertz CT molecular complexity index is 684. The SMILES string of the molecule is Cc1cc2c(cc1F)C(=O)c1ccccc1N(C)S2. The number of ketones is 1. The second-order valence-electron chi connectivity index (χ2n) is 4.53. The average Bonchev–Trinajstić information content (AvgIpc) is 2.50. The van der Waals surface area contributed by atoms with Gasteiger partial charge in [0.2, 0.25) is 0 Å². The summed E-state index contributed by atoms with van der Waals surface area (Å²) in [5, 5.41) is 0. The summed E-state index contributed by atoms with van der Waals surface area (Å²) < 4.78 is 15.7. The lowest BCUT2D eigenvalue weighted by Gasteiger charge is -2.17. The van der Waals surface area contributed by atoms with Crippen molar-refractivity contribution in [1.82, 2.24) is 0 Å². The van der Waals surface area contributed by atoms with Crippen LogP contribution in [0.25, 0.3) is 0 Å². The van der Waals surface area contributed by atoms with Crippen LogP contribution in [0.5, 0.6) is 0 Å². The Balaban J connectivity index is 2.26. The van der Waals surface area contributed by atoms with Crippen LogP contribution in [0.3, 0.4) is 0 Å². The molecule has 96 valence electrons. The van der Waals surface area contributed by atoms with Gasteiger partial charge in [0.1, 0.15) is 5.82 Å². The highest BCUT2D eigenvalue weighted by Gasteiger charge is 2.25. The van der Waals surface area contributed by atoms with E-state index in [1.807, 2.05) is 29.6 Å². The Morgan fingerprint density at radius 3 is 2.68 bits per heavy atom. The first-order valence-electron chi connectivity index (χ1n) is 5.93.